The lowest BCUT2D eigenvalue weighted by atomic mass is 9.89. The van der Waals surface area contributed by atoms with E-state index in [0.29, 0.717) is 4.75 Å². The highest BCUT2D eigenvalue weighted by Crippen LogP contribution is 2.48. The summed E-state index contributed by atoms with van der Waals surface area (Å²) >= 11 is 2.17. The largest absolute Gasteiger partial charge is 0.330 e. The highest BCUT2D eigenvalue weighted by molar-refractivity contribution is 8.01. The quantitative estimate of drug-likeness (QED) is 0.656. The highest BCUT2D eigenvalue weighted by atomic mass is 32.2. The van der Waals surface area contributed by atoms with Gasteiger partial charge in [-0.15, -0.1) is 0 Å². The first-order valence-electron chi connectivity index (χ1n) is 4.79. The Bertz CT molecular complexity index is 174. The van der Waals surface area contributed by atoms with Crippen LogP contribution >= 0.6 is 11.8 Å². The maximum Gasteiger partial charge on any atom is 0.0339 e. The summed E-state index contributed by atoms with van der Waals surface area (Å²) in [5, 5.41) is 0. The van der Waals surface area contributed by atoms with Crippen LogP contribution in [0.1, 0.15) is 12.8 Å². The Morgan fingerprint density at radius 3 is 3.08 bits per heavy atom. The lowest BCUT2D eigenvalue weighted by molar-refractivity contribution is 0.361. The topological polar surface area (TPSA) is 29.3 Å². The third kappa shape index (κ3) is 1.28. The fourth-order valence-corrected chi connectivity index (χ4v) is 4.37. The Morgan fingerprint density at radius 2 is 2.50 bits per heavy atom. The van der Waals surface area contributed by atoms with Crippen molar-refractivity contribution in [2.75, 3.05) is 32.4 Å². The van der Waals surface area contributed by atoms with Crippen LogP contribution in [0, 0.1) is 5.92 Å². The van der Waals surface area contributed by atoms with E-state index in [-0.39, 0.29) is 0 Å². The van der Waals surface area contributed by atoms with E-state index in [4.69, 9.17) is 5.73 Å². The van der Waals surface area contributed by atoms with Crippen molar-refractivity contribution < 1.29 is 0 Å². The number of likely N-dealkylation sites (tertiary alicyclic amines) is 1. The molecule has 12 heavy (non-hydrogen) atoms. The molecule has 2 atom stereocenters. The molecule has 0 amide bonds. The van der Waals surface area contributed by atoms with Gasteiger partial charge in [-0.3, -0.25) is 0 Å². The molecule has 2 nitrogen and oxygen atoms in total. The standard InChI is InChI=1S/C9H18N2S/c1-11-4-3-9(7-11)8(6-10)2-5-12-9/h8H,2-7,10H2,1H3. The molecule has 0 bridgehead atoms. The van der Waals surface area contributed by atoms with Crippen LogP contribution in [0.5, 0.6) is 0 Å². The summed E-state index contributed by atoms with van der Waals surface area (Å²) in [6.45, 7) is 3.42. The van der Waals surface area contributed by atoms with Crippen LogP contribution in [0.2, 0.25) is 0 Å². The second kappa shape index (κ2) is 3.20. The number of hydrogen-bond acceptors (Lipinski definition) is 3. The fraction of sp³-hybridized carbons (Fsp3) is 1.00. The Hall–Kier alpha value is 0.270. The molecule has 0 aromatic carbocycles. The Labute approximate surface area is 78.9 Å². The van der Waals surface area contributed by atoms with Crippen molar-refractivity contribution in [1.82, 2.24) is 4.90 Å². The van der Waals surface area contributed by atoms with Gasteiger partial charge in [0.05, 0.1) is 0 Å². The van der Waals surface area contributed by atoms with Gasteiger partial charge in [0.2, 0.25) is 0 Å². The van der Waals surface area contributed by atoms with Gasteiger partial charge in [0.25, 0.3) is 0 Å². The number of rotatable bonds is 1. The number of nitrogens with two attached hydrogens (primary N) is 1. The smallest absolute Gasteiger partial charge is 0.0339 e. The van der Waals surface area contributed by atoms with E-state index in [1.807, 2.05) is 0 Å². The van der Waals surface area contributed by atoms with Crippen LogP contribution in [-0.4, -0.2) is 42.1 Å². The molecule has 2 saturated heterocycles. The first-order valence-corrected chi connectivity index (χ1v) is 5.78. The minimum atomic E-state index is 0.545. The molecular formula is C9H18N2S. The van der Waals surface area contributed by atoms with E-state index in [0.717, 1.165) is 12.5 Å². The monoisotopic (exact) mass is 186 g/mol. The molecule has 2 aliphatic rings. The van der Waals surface area contributed by atoms with E-state index in [1.54, 1.807) is 0 Å². The van der Waals surface area contributed by atoms with Crippen LogP contribution in [0.3, 0.4) is 0 Å². The zero-order valence-electron chi connectivity index (χ0n) is 7.75. The van der Waals surface area contributed by atoms with Gasteiger partial charge >= 0.3 is 0 Å². The SMILES string of the molecule is CN1CCC2(C1)SCCC2CN. The summed E-state index contributed by atoms with van der Waals surface area (Å²) in [5.41, 5.74) is 5.80. The van der Waals surface area contributed by atoms with Crippen LogP contribution in [0.25, 0.3) is 0 Å². The predicted molar refractivity (Wildman–Crippen MR) is 54.5 cm³/mol. The van der Waals surface area contributed by atoms with Gasteiger partial charge in [-0.05, 0) is 44.6 Å². The van der Waals surface area contributed by atoms with Crippen molar-refractivity contribution >= 4 is 11.8 Å². The van der Waals surface area contributed by atoms with Crippen molar-refractivity contribution in [3.05, 3.63) is 0 Å². The van der Waals surface area contributed by atoms with Gasteiger partial charge in [0.15, 0.2) is 0 Å². The van der Waals surface area contributed by atoms with Crippen molar-refractivity contribution in [3.63, 3.8) is 0 Å². The Balaban J connectivity index is 2.09. The second-order valence-corrected chi connectivity index (χ2v) is 5.63. The molecule has 2 fully saturated rings. The third-order valence-corrected chi connectivity index (χ3v) is 5.02. The van der Waals surface area contributed by atoms with Crippen LogP contribution < -0.4 is 5.73 Å². The second-order valence-electron chi connectivity index (χ2n) is 4.12. The van der Waals surface area contributed by atoms with Crippen molar-refractivity contribution in [2.45, 2.75) is 17.6 Å². The van der Waals surface area contributed by atoms with Gasteiger partial charge in [-0.2, -0.15) is 11.8 Å². The van der Waals surface area contributed by atoms with Gasteiger partial charge in [-0.25, -0.2) is 0 Å². The van der Waals surface area contributed by atoms with Crippen LogP contribution in [0.15, 0.2) is 0 Å². The van der Waals surface area contributed by atoms with Crippen molar-refractivity contribution in [1.29, 1.82) is 0 Å². The minimum Gasteiger partial charge on any atom is -0.330 e. The molecule has 2 aliphatic heterocycles. The first-order chi connectivity index (χ1) is 5.77. The maximum absolute atomic E-state index is 5.80. The normalized spacial score (nSPS) is 43.0. The van der Waals surface area contributed by atoms with Crippen LogP contribution in [-0.2, 0) is 0 Å². The number of thioether (sulfide) groups is 1. The summed E-state index contributed by atoms with van der Waals surface area (Å²) in [5.74, 6) is 2.11. The van der Waals surface area contributed by atoms with Gasteiger partial charge in [-0.1, -0.05) is 0 Å². The summed E-state index contributed by atoms with van der Waals surface area (Å²) < 4.78 is 0.545. The zero-order valence-corrected chi connectivity index (χ0v) is 8.57. The Morgan fingerprint density at radius 1 is 1.67 bits per heavy atom. The third-order valence-electron chi connectivity index (χ3n) is 3.34. The van der Waals surface area contributed by atoms with E-state index in [2.05, 4.69) is 23.7 Å². The summed E-state index contributed by atoms with van der Waals surface area (Å²) in [6, 6.07) is 0. The lowest BCUT2D eigenvalue weighted by Gasteiger charge is -2.29. The van der Waals surface area contributed by atoms with Gasteiger partial charge in [0, 0.05) is 11.3 Å². The van der Waals surface area contributed by atoms with Gasteiger partial charge in [0.1, 0.15) is 0 Å². The van der Waals surface area contributed by atoms with E-state index in [1.165, 1.54) is 31.7 Å². The average Bonchev–Trinajstić information content (AvgIpc) is 2.60. The molecule has 1 spiro atoms. The lowest BCUT2D eigenvalue weighted by Crippen LogP contribution is -2.37. The maximum atomic E-state index is 5.80. The van der Waals surface area contributed by atoms with E-state index >= 15 is 0 Å². The number of nitrogens with zero attached hydrogens (tertiary/aromatic N) is 1. The first kappa shape index (κ1) is 8.85. The molecule has 70 valence electrons. The van der Waals surface area contributed by atoms with Crippen molar-refractivity contribution in [3.8, 4) is 0 Å². The zero-order chi connectivity index (χ0) is 8.60. The summed E-state index contributed by atoms with van der Waals surface area (Å²) in [7, 11) is 2.22. The molecular weight excluding hydrogens is 168 g/mol. The molecule has 2 rings (SSSR count). The molecule has 2 unspecified atom stereocenters. The molecule has 0 radical (unpaired) electrons. The Kier molecular flexibility index (Phi) is 2.36. The molecule has 0 aromatic rings. The number of hydrogen-bond donors (Lipinski definition) is 1. The molecule has 2 heterocycles. The summed E-state index contributed by atoms with van der Waals surface area (Å²) in [4.78, 5) is 2.45. The molecule has 2 N–H and O–H groups in total. The van der Waals surface area contributed by atoms with Crippen LogP contribution in [0.4, 0.5) is 0 Å². The molecule has 0 aliphatic carbocycles. The molecule has 3 heteroatoms. The molecule has 0 aromatic heterocycles. The highest BCUT2D eigenvalue weighted by Gasteiger charge is 2.46. The van der Waals surface area contributed by atoms with Gasteiger partial charge < -0.3 is 10.6 Å². The fourth-order valence-electron chi connectivity index (χ4n) is 2.56. The van der Waals surface area contributed by atoms with Crippen molar-refractivity contribution in [2.24, 2.45) is 11.7 Å². The predicted octanol–water partition coefficient (Wildman–Crippen LogP) is 0.772. The summed E-state index contributed by atoms with van der Waals surface area (Å²) in [6.07, 6.45) is 2.70. The average molecular weight is 186 g/mol. The van der Waals surface area contributed by atoms with E-state index < -0.39 is 0 Å². The minimum absolute atomic E-state index is 0.545. The van der Waals surface area contributed by atoms with E-state index in [9.17, 15) is 0 Å². The molecule has 0 saturated carbocycles.